The molecule has 6 nitrogen and oxygen atoms in total. The van der Waals surface area contributed by atoms with Crippen LogP contribution < -0.4 is 14.5 Å². The molecular formula is C22H24ClN3O3. The first-order valence-corrected chi connectivity index (χ1v) is 10.2. The average Bonchev–Trinajstić information content (AvgIpc) is 3.15. The van der Waals surface area contributed by atoms with Gasteiger partial charge in [-0.15, -0.1) is 0 Å². The summed E-state index contributed by atoms with van der Waals surface area (Å²) in [6.07, 6.45) is 0.260. The molecule has 4 rings (SSSR count). The Morgan fingerprint density at radius 3 is 2.38 bits per heavy atom. The van der Waals surface area contributed by atoms with Gasteiger partial charge in [0.2, 0.25) is 11.8 Å². The van der Waals surface area contributed by atoms with Gasteiger partial charge in [0.25, 0.3) is 0 Å². The van der Waals surface area contributed by atoms with Crippen molar-refractivity contribution in [3.8, 4) is 5.75 Å². The fraction of sp³-hybridized carbons (Fsp3) is 0.364. The highest BCUT2D eigenvalue weighted by Gasteiger charge is 2.38. The summed E-state index contributed by atoms with van der Waals surface area (Å²) >= 11 is 6.30. The van der Waals surface area contributed by atoms with Crippen LogP contribution in [0.4, 0.5) is 11.4 Å². The number of halogens is 1. The standard InChI is InChI=1S/C22H24ClN3O3/c1-29-18-8-6-17(7-9-18)26-15-16(14-21(26)27)22(28)25-12-10-24(11-13-25)20-5-3-2-4-19(20)23/h2-9,16H,10-15H2,1H3. The molecule has 2 fully saturated rings. The maximum Gasteiger partial charge on any atom is 0.228 e. The van der Waals surface area contributed by atoms with Crippen molar-refractivity contribution in [2.45, 2.75) is 6.42 Å². The van der Waals surface area contributed by atoms with E-state index in [4.69, 9.17) is 16.3 Å². The summed E-state index contributed by atoms with van der Waals surface area (Å²) in [7, 11) is 1.61. The number of rotatable bonds is 4. The van der Waals surface area contributed by atoms with Crippen LogP contribution in [0, 0.1) is 5.92 Å². The predicted octanol–water partition coefficient (Wildman–Crippen LogP) is 3.05. The number of carbonyl (C=O) groups excluding carboxylic acids is 2. The lowest BCUT2D eigenvalue weighted by Crippen LogP contribution is -2.50. The van der Waals surface area contributed by atoms with Crippen LogP contribution in [0.2, 0.25) is 5.02 Å². The number of para-hydroxylation sites is 1. The molecule has 0 aliphatic carbocycles. The third-order valence-corrected chi connectivity index (χ3v) is 5.96. The van der Waals surface area contributed by atoms with Crippen molar-refractivity contribution in [2.75, 3.05) is 49.6 Å². The molecule has 0 bridgehead atoms. The molecule has 0 saturated carbocycles. The Balaban J connectivity index is 1.37. The van der Waals surface area contributed by atoms with Crippen molar-refractivity contribution >= 4 is 34.8 Å². The largest absolute Gasteiger partial charge is 0.497 e. The van der Waals surface area contributed by atoms with E-state index in [1.54, 1.807) is 12.0 Å². The number of nitrogens with zero attached hydrogens (tertiary/aromatic N) is 3. The zero-order valence-corrected chi connectivity index (χ0v) is 17.1. The van der Waals surface area contributed by atoms with E-state index in [2.05, 4.69) is 4.90 Å². The van der Waals surface area contributed by atoms with Crippen molar-refractivity contribution in [3.63, 3.8) is 0 Å². The molecule has 2 saturated heterocycles. The minimum atomic E-state index is -0.295. The topological polar surface area (TPSA) is 53.1 Å². The summed E-state index contributed by atoms with van der Waals surface area (Å²) in [5.74, 6) is 0.497. The average molecular weight is 414 g/mol. The molecule has 7 heteroatoms. The van der Waals surface area contributed by atoms with Crippen LogP contribution in [0.15, 0.2) is 48.5 Å². The number of hydrogen-bond acceptors (Lipinski definition) is 4. The van der Waals surface area contributed by atoms with Gasteiger partial charge in [-0.05, 0) is 36.4 Å². The van der Waals surface area contributed by atoms with Crippen LogP contribution in [-0.4, -0.2) is 56.5 Å². The van der Waals surface area contributed by atoms with Crippen molar-refractivity contribution in [2.24, 2.45) is 5.92 Å². The van der Waals surface area contributed by atoms with E-state index in [0.717, 1.165) is 35.2 Å². The SMILES string of the molecule is COc1ccc(N2CC(C(=O)N3CCN(c4ccccc4Cl)CC3)CC2=O)cc1. The molecule has 0 N–H and O–H groups in total. The van der Waals surface area contributed by atoms with Crippen LogP contribution >= 0.6 is 11.6 Å². The fourth-order valence-electron chi connectivity index (χ4n) is 4.02. The van der Waals surface area contributed by atoms with Gasteiger partial charge in [0, 0.05) is 44.8 Å². The molecule has 2 aliphatic heterocycles. The van der Waals surface area contributed by atoms with Gasteiger partial charge in [-0.25, -0.2) is 0 Å². The first-order valence-electron chi connectivity index (χ1n) is 9.79. The highest BCUT2D eigenvalue weighted by Crippen LogP contribution is 2.29. The molecule has 1 unspecified atom stereocenters. The van der Waals surface area contributed by atoms with Crippen molar-refractivity contribution in [1.29, 1.82) is 0 Å². The number of ether oxygens (including phenoxy) is 1. The molecule has 2 amide bonds. The first-order chi connectivity index (χ1) is 14.1. The van der Waals surface area contributed by atoms with E-state index in [-0.39, 0.29) is 24.2 Å². The van der Waals surface area contributed by atoms with Crippen LogP contribution in [0.5, 0.6) is 5.75 Å². The molecule has 1 atom stereocenters. The molecule has 2 aliphatic rings. The van der Waals surface area contributed by atoms with E-state index in [9.17, 15) is 9.59 Å². The van der Waals surface area contributed by atoms with E-state index in [0.29, 0.717) is 19.6 Å². The first kappa shape index (κ1) is 19.6. The normalized spacial score (nSPS) is 19.6. The van der Waals surface area contributed by atoms with E-state index >= 15 is 0 Å². The van der Waals surface area contributed by atoms with E-state index in [1.807, 2.05) is 53.4 Å². The summed E-state index contributed by atoms with van der Waals surface area (Å²) in [6.45, 7) is 3.17. The second-order valence-corrected chi connectivity index (χ2v) is 7.77. The minimum Gasteiger partial charge on any atom is -0.497 e. The molecule has 2 aromatic rings. The summed E-state index contributed by atoms with van der Waals surface area (Å²) in [4.78, 5) is 31.3. The minimum absolute atomic E-state index is 0.0109. The molecule has 0 aromatic heterocycles. The Kier molecular flexibility index (Phi) is 5.62. The Bertz CT molecular complexity index is 894. The zero-order chi connectivity index (χ0) is 20.4. The summed E-state index contributed by atoms with van der Waals surface area (Å²) in [5, 5.41) is 0.726. The molecule has 0 spiro atoms. The van der Waals surface area contributed by atoms with Crippen molar-refractivity contribution in [1.82, 2.24) is 4.90 Å². The van der Waals surface area contributed by atoms with Gasteiger partial charge in [-0.2, -0.15) is 0 Å². The second-order valence-electron chi connectivity index (χ2n) is 7.37. The number of benzene rings is 2. The maximum atomic E-state index is 13.0. The quantitative estimate of drug-likeness (QED) is 0.773. The Labute approximate surface area is 175 Å². The van der Waals surface area contributed by atoms with Crippen molar-refractivity contribution < 1.29 is 14.3 Å². The van der Waals surface area contributed by atoms with E-state index in [1.165, 1.54) is 0 Å². The van der Waals surface area contributed by atoms with Gasteiger partial charge in [0.05, 0.1) is 23.7 Å². The highest BCUT2D eigenvalue weighted by molar-refractivity contribution is 6.33. The third kappa shape index (κ3) is 4.03. The van der Waals surface area contributed by atoms with Crippen molar-refractivity contribution in [3.05, 3.63) is 53.6 Å². The Hall–Kier alpha value is -2.73. The van der Waals surface area contributed by atoms with Gasteiger partial charge in [0.1, 0.15) is 5.75 Å². The number of hydrogen-bond donors (Lipinski definition) is 0. The lowest BCUT2D eigenvalue weighted by molar-refractivity contribution is -0.136. The monoisotopic (exact) mass is 413 g/mol. The Morgan fingerprint density at radius 2 is 1.72 bits per heavy atom. The number of piperazine rings is 1. The smallest absolute Gasteiger partial charge is 0.228 e. The van der Waals surface area contributed by atoms with Crippen LogP contribution in [-0.2, 0) is 9.59 Å². The van der Waals surface area contributed by atoms with E-state index < -0.39 is 0 Å². The van der Waals surface area contributed by atoms with Gasteiger partial charge in [-0.3, -0.25) is 9.59 Å². The summed E-state index contributed by atoms with van der Waals surface area (Å²) < 4.78 is 5.17. The number of anilines is 2. The summed E-state index contributed by atoms with van der Waals surface area (Å²) in [6, 6.07) is 15.1. The lowest BCUT2D eigenvalue weighted by Gasteiger charge is -2.37. The molecule has 152 valence electrons. The highest BCUT2D eigenvalue weighted by atomic mass is 35.5. The lowest BCUT2D eigenvalue weighted by atomic mass is 10.1. The molecule has 2 aromatic carbocycles. The third-order valence-electron chi connectivity index (χ3n) is 5.64. The molecule has 29 heavy (non-hydrogen) atoms. The van der Waals surface area contributed by atoms with Gasteiger partial charge in [0.15, 0.2) is 0 Å². The van der Waals surface area contributed by atoms with Gasteiger partial charge in [-0.1, -0.05) is 23.7 Å². The second kappa shape index (κ2) is 8.33. The van der Waals surface area contributed by atoms with Crippen LogP contribution in [0.3, 0.4) is 0 Å². The van der Waals surface area contributed by atoms with Gasteiger partial charge >= 0.3 is 0 Å². The number of carbonyl (C=O) groups is 2. The summed E-state index contributed by atoms with van der Waals surface area (Å²) in [5.41, 5.74) is 1.80. The molecule has 0 radical (unpaired) electrons. The van der Waals surface area contributed by atoms with Crippen LogP contribution in [0.25, 0.3) is 0 Å². The molecule has 2 heterocycles. The maximum absolute atomic E-state index is 13.0. The number of amides is 2. The molecular weight excluding hydrogens is 390 g/mol. The number of methoxy groups -OCH3 is 1. The predicted molar refractivity (Wildman–Crippen MR) is 114 cm³/mol. The fourth-order valence-corrected chi connectivity index (χ4v) is 4.27. The zero-order valence-electron chi connectivity index (χ0n) is 16.4. The van der Waals surface area contributed by atoms with Crippen LogP contribution in [0.1, 0.15) is 6.42 Å². The Morgan fingerprint density at radius 1 is 1.03 bits per heavy atom. The van der Waals surface area contributed by atoms with Gasteiger partial charge < -0.3 is 19.4 Å².